The predicted octanol–water partition coefficient (Wildman–Crippen LogP) is 3.15. The average molecular weight is 249 g/mol. The summed E-state index contributed by atoms with van der Waals surface area (Å²) in [7, 11) is 0. The van der Waals surface area contributed by atoms with Crippen LogP contribution in [0.3, 0.4) is 0 Å². The summed E-state index contributed by atoms with van der Waals surface area (Å²) >= 11 is 0. The molecule has 18 heavy (non-hydrogen) atoms. The minimum atomic E-state index is 0.741. The van der Waals surface area contributed by atoms with Crippen LogP contribution in [0, 0.1) is 11.8 Å². The molecular weight excluding hydrogens is 222 g/mol. The second-order valence-corrected chi connectivity index (χ2v) is 6.14. The molecule has 1 heterocycles. The molecule has 2 rings (SSSR count). The maximum Gasteiger partial charge on any atom is 0.0921 e. The first-order valence-corrected chi connectivity index (χ1v) is 7.44. The van der Waals surface area contributed by atoms with Gasteiger partial charge in [-0.25, -0.2) is 4.98 Å². The van der Waals surface area contributed by atoms with E-state index in [-0.39, 0.29) is 0 Å². The number of rotatable bonds is 6. The van der Waals surface area contributed by atoms with Crippen LogP contribution < -0.4 is 5.32 Å². The number of imidazole rings is 1. The van der Waals surface area contributed by atoms with Gasteiger partial charge in [0.25, 0.3) is 0 Å². The van der Waals surface area contributed by atoms with Crippen LogP contribution in [-0.4, -0.2) is 22.6 Å². The molecule has 1 aliphatic rings. The maximum absolute atomic E-state index is 4.05. The Morgan fingerprint density at radius 3 is 3.06 bits per heavy atom. The van der Waals surface area contributed by atoms with E-state index < -0.39 is 0 Å². The van der Waals surface area contributed by atoms with Crippen LogP contribution in [0.2, 0.25) is 0 Å². The molecule has 0 bridgehead atoms. The van der Waals surface area contributed by atoms with E-state index in [9.17, 15) is 0 Å². The van der Waals surface area contributed by atoms with Crippen molar-refractivity contribution in [1.82, 2.24) is 15.3 Å². The molecular formula is C15H27N3. The largest absolute Gasteiger partial charge is 0.348 e. The van der Waals surface area contributed by atoms with E-state index in [1.165, 1.54) is 37.8 Å². The van der Waals surface area contributed by atoms with Crippen LogP contribution in [0.25, 0.3) is 0 Å². The molecule has 3 nitrogen and oxygen atoms in total. The molecule has 3 heteroatoms. The van der Waals surface area contributed by atoms with Gasteiger partial charge in [0.1, 0.15) is 0 Å². The van der Waals surface area contributed by atoms with Gasteiger partial charge in [0, 0.05) is 30.9 Å². The molecule has 0 spiro atoms. The molecule has 1 saturated carbocycles. The van der Waals surface area contributed by atoms with E-state index in [2.05, 4.69) is 29.1 Å². The fraction of sp³-hybridized carbons (Fsp3) is 0.800. The number of hydrogen-bond donors (Lipinski definition) is 2. The Balaban J connectivity index is 1.66. The van der Waals surface area contributed by atoms with Crippen LogP contribution in [0.15, 0.2) is 12.5 Å². The fourth-order valence-corrected chi connectivity index (χ4v) is 3.19. The molecule has 0 amide bonds. The van der Waals surface area contributed by atoms with Crippen molar-refractivity contribution in [3.05, 3.63) is 18.2 Å². The molecule has 2 atom stereocenters. The van der Waals surface area contributed by atoms with Gasteiger partial charge in [-0.1, -0.05) is 26.7 Å². The minimum Gasteiger partial charge on any atom is -0.348 e. The lowest BCUT2D eigenvalue weighted by Gasteiger charge is -2.30. The molecule has 1 fully saturated rings. The van der Waals surface area contributed by atoms with Gasteiger partial charge in [-0.2, -0.15) is 0 Å². The Hall–Kier alpha value is -0.830. The summed E-state index contributed by atoms with van der Waals surface area (Å²) < 4.78 is 0. The van der Waals surface area contributed by atoms with Crippen molar-refractivity contribution < 1.29 is 0 Å². The van der Waals surface area contributed by atoms with Gasteiger partial charge in [-0.05, 0) is 31.1 Å². The Labute approximate surface area is 111 Å². The lowest BCUT2D eigenvalue weighted by atomic mass is 9.81. The maximum atomic E-state index is 4.05. The highest BCUT2D eigenvalue weighted by Crippen LogP contribution is 2.29. The van der Waals surface area contributed by atoms with E-state index in [1.54, 1.807) is 6.33 Å². The van der Waals surface area contributed by atoms with E-state index in [0.717, 1.165) is 30.8 Å². The van der Waals surface area contributed by atoms with Crippen LogP contribution in [0.5, 0.6) is 0 Å². The molecule has 0 radical (unpaired) electrons. The Morgan fingerprint density at radius 2 is 2.33 bits per heavy atom. The third-order valence-electron chi connectivity index (χ3n) is 3.97. The van der Waals surface area contributed by atoms with Crippen molar-refractivity contribution >= 4 is 0 Å². The standard InChI is InChI=1S/C15H27N3/c1-12(2)8-13-4-3-5-14(9-13)17-7-6-15-10-16-11-18-15/h10-14,17H,3-9H2,1-2H3,(H,16,18). The number of aromatic amines is 1. The molecule has 102 valence electrons. The molecule has 1 aromatic rings. The van der Waals surface area contributed by atoms with Gasteiger partial charge < -0.3 is 10.3 Å². The van der Waals surface area contributed by atoms with E-state index >= 15 is 0 Å². The fourth-order valence-electron chi connectivity index (χ4n) is 3.19. The Bertz CT molecular complexity index is 318. The minimum absolute atomic E-state index is 0.741. The van der Waals surface area contributed by atoms with Crippen molar-refractivity contribution in [1.29, 1.82) is 0 Å². The van der Waals surface area contributed by atoms with Gasteiger partial charge in [0.05, 0.1) is 6.33 Å². The average Bonchev–Trinajstić information content (AvgIpc) is 2.82. The smallest absolute Gasteiger partial charge is 0.0921 e. The summed E-state index contributed by atoms with van der Waals surface area (Å²) in [6, 6.07) is 0.741. The van der Waals surface area contributed by atoms with Crippen molar-refractivity contribution in [2.24, 2.45) is 11.8 Å². The normalized spacial score (nSPS) is 24.6. The summed E-state index contributed by atoms with van der Waals surface area (Å²) in [5.74, 6) is 1.79. The summed E-state index contributed by atoms with van der Waals surface area (Å²) in [6.07, 6.45) is 11.7. The number of nitrogens with zero attached hydrogens (tertiary/aromatic N) is 1. The first-order chi connectivity index (χ1) is 8.74. The second-order valence-electron chi connectivity index (χ2n) is 6.14. The van der Waals surface area contributed by atoms with Crippen molar-refractivity contribution in [3.63, 3.8) is 0 Å². The van der Waals surface area contributed by atoms with Gasteiger partial charge in [-0.3, -0.25) is 0 Å². The zero-order chi connectivity index (χ0) is 12.8. The van der Waals surface area contributed by atoms with E-state index in [4.69, 9.17) is 0 Å². The number of hydrogen-bond acceptors (Lipinski definition) is 2. The Morgan fingerprint density at radius 1 is 1.44 bits per heavy atom. The van der Waals surface area contributed by atoms with E-state index in [0.29, 0.717) is 0 Å². The quantitative estimate of drug-likeness (QED) is 0.813. The topological polar surface area (TPSA) is 40.7 Å². The lowest BCUT2D eigenvalue weighted by Crippen LogP contribution is -2.35. The van der Waals surface area contributed by atoms with Gasteiger partial charge >= 0.3 is 0 Å². The zero-order valence-electron chi connectivity index (χ0n) is 11.8. The number of H-pyrrole nitrogens is 1. The summed E-state index contributed by atoms with van der Waals surface area (Å²) in [5.41, 5.74) is 1.23. The highest BCUT2D eigenvalue weighted by atomic mass is 14.9. The van der Waals surface area contributed by atoms with Gasteiger partial charge in [0.15, 0.2) is 0 Å². The summed E-state index contributed by atoms with van der Waals surface area (Å²) in [5, 5.41) is 3.72. The molecule has 0 aromatic carbocycles. The van der Waals surface area contributed by atoms with E-state index in [1.807, 2.05) is 6.20 Å². The van der Waals surface area contributed by atoms with Gasteiger partial charge in [-0.15, -0.1) is 0 Å². The third kappa shape index (κ3) is 4.45. The molecule has 1 aliphatic carbocycles. The molecule has 0 saturated heterocycles. The van der Waals surface area contributed by atoms with Crippen LogP contribution in [0.1, 0.15) is 51.6 Å². The highest BCUT2D eigenvalue weighted by molar-refractivity contribution is 4.94. The Kier molecular flexibility index (Phi) is 5.24. The SMILES string of the molecule is CC(C)CC1CCCC(NCCc2cnc[nH]2)C1. The molecule has 0 aliphatic heterocycles. The first kappa shape index (κ1) is 13.6. The van der Waals surface area contributed by atoms with Crippen molar-refractivity contribution in [3.8, 4) is 0 Å². The zero-order valence-corrected chi connectivity index (χ0v) is 11.8. The monoisotopic (exact) mass is 249 g/mol. The van der Waals surface area contributed by atoms with Crippen molar-refractivity contribution in [2.75, 3.05) is 6.54 Å². The second kappa shape index (κ2) is 6.93. The van der Waals surface area contributed by atoms with Gasteiger partial charge in [0.2, 0.25) is 0 Å². The molecule has 2 unspecified atom stereocenters. The lowest BCUT2D eigenvalue weighted by molar-refractivity contribution is 0.253. The predicted molar refractivity (Wildman–Crippen MR) is 75.5 cm³/mol. The summed E-state index contributed by atoms with van der Waals surface area (Å²) in [6.45, 7) is 5.76. The van der Waals surface area contributed by atoms with Crippen molar-refractivity contribution in [2.45, 2.75) is 58.4 Å². The first-order valence-electron chi connectivity index (χ1n) is 7.44. The molecule has 2 N–H and O–H groups in total. The number of aromatic nitrogens is 2. The number of nitrogens with one attached hydrogen (secondary N) is 2. The van der Waals surface area contributed by atoms with Crippen LogP contribution in [0.4, 0.5) is 0 Å². The highest BCUT2D eigenvalue weighted by Gasteiger charge is 2.21. The van der Waals surface area contributed by atoms with Crippen LogP contribution in [-0.2, 0) is 6.42 Å². The molecule has 1 aromatic heterocycles. The summed E-state index contributed by atoms with van der Waals surface area (Å²) in [4.78, 5) is 7.21. The van der Waals surface area contributed by atoms with Crippen LogP contribution >= 0.6 is 0 Å². The third-order valence-corrected chi connectivity index (χ3v) is 3.97.